The van der Waals surface area contributed by atoms with Crippen molar-refractivity contribution < 1.29 is 26.7 Å². The molecule has 0 N–H and O–H groups in total. The molecule has 6 nitrogen and oxygen atoms in total. The molecule has 2 heterocycles. The van der Waals surface area contributed by atoms with Crippen molar-refractivity contribution >= 4 is 33.0 Å². The molecule has 4 aromatic carbocycles. The Bertz CT molecular complexity index is 2150. The molecule has 0 unspecified atom stereocenters. The van der Waals surface area contributed by atoms with Crippen LogP contribution in [0.1, 0.15) is 11.1 Å². The van der Waals surface area contributed by atoms with Crippen molar-refractivity contribution in [2.45, 2.75) is 11.5 Å². The molecule has 0 aliphatic rings. The lowest BCUT2D eigenvalue weighted by Crippen LogP contribution is -2.10. The molecule has 49 heavy (non-hydrogen) atoms. The average Bonchev–Trinajstić information content (AvgIpc) is 3.10. The molecule has 11 heteroatoms. The Kier molecular flexibility index (Phi) is 9.96. The quantitative estimate of drug-likeness (QED) is 0.140. The minimum absolute atomic E-state index is 0.0398. The molecule has 0 saturated carbocycles. The van der Waals surface area contributed by atoms with Crippen LogP contribution in [0.25, 0.3) is 44.8 Å². The van der Waals surface area contributed by atoms with Crippen LogP contribution in [0.4, 0.5) is 8.78 Å². The van der Waals surface area contributed by atoms with Gasteiger partial charge in [0, 0.05) is 45.8 Å². The van der Waals surface area contributed by atoms with Crippen LogP contribution in [0.2, 0.25) is 10.0 Å². The number of nitrogens with zero attached hydrogens (tertiary/aromatic N) is 2. The highest BCUT2D eigenvalue weighted by molar-refractivity contribution is 7.89. The van der Waals surface area contributed by atoms with Crippen molar-refractivity contribution in [1.82, 2.24) is 9.97 Å². The number of hydrogen-bond acceptors (Lipinski definition) is 6. The molecular formula is C38H28Cl2F2N2O4S. The van der Waals surface area contributed by atoms with Gasteiger partial charge >= 0.3 is 0 Å². The molecule has 0 fully saturated rings. The zero-order valence-corrected chi connectivity index (χ0v) is 28.6. The summed E-state index contributed by atoms with van der Waals surface area (Å²) in [5.41, 5.74) is 4.71. The fourth-order valence-electron chi connectivity index (χ4n) is 5.55. The van der Waals surface area contributed by atoms with Crippen molar-refractivity contribution in [1.29, 1.82) is 0 Å². The van der Waals surface area contributed by atoms with Gasteiger partial charge in [0.15, 0.2) is 9.84 Å². The molecule has 0 bridgehead atoms. The van der Waals surface area contributed by atoms with E-state index in [2.05, 4.69) is 9.97 Å². The van der Waals surface area contributed by atoms with Gasteiger partial charge in [0.1, 0.15) is 23.1 Å². The van der Waals surface area contributed by atoms with Gasteiger partial charge in [0.25, 0.3) is 0 Å². The summed E-state index contributed by atoms with van der Waals surface area (Å²) in [5, 5.41) is 0.820. The van der Waals surface area contributed by atoms with E-state index in [1.165, 1.54) is 38.5 Å². The van der Waals surface area contributed by atoms with Crippen LogP contribution in [0.3, 0.4) is 0 Å². The Morgan fingerprint density at radius 3 is 1.37 bits per heavy atom. The molecule has 0 spiro atoms. The van der Waals surface area contributed by atoms with Crippen LogP contribution in [-0.2, 0) is 21.3 Å². The lowest BCUT2D eigenvalue weighted by Gasteiger charge is -2.13. The number of rotatable bonds is 10. The van der Waals surface area contributed by atoms with E-state index in [0.29, 0.717) is 55.2 Å². The number of sulfone groups is 1. The molecular weight excluding hydrogens is 689 g/mol. The maximum absolute atomic E-state index is 15.4. The van der Waals surface area contributed by atoms with Crippen molar-refractivity contribution in [3.8, 4) is 56.3 Å². The minimum Gasteiger partial charge on any atom is -0.495 e. The number of methoxy groups -OCH3 is 2. The third kappa shape index (κ3) is 7.44. The molecule has 0 aliphatic heterocycles. The molecule has 2 aromatic heterocycles. The fraction of sp³-hybridized carbons (Fsp3) is 0.105. The van der Waals surface area contributed by atoms with Crippen LogP contribution >= 0.6 is 23.2 Å². The minimum atomic E-state index is -3.98. The van der Waals surface area contributed by atoms with Crippen LogP contribution in [0.5, 0.6) is 11.5 Å². The maximum atomic E-state index is 15.4. The molecule has 6 rings (SSSR count). The van der Waals surface area contributed by atoms with E-state index in [1.807, 2.05) is 24.3 Å². The number of pyridine rings is 2. The second-order valence-corrected chi connectivity index (χ2v) is 14.0. The molecule has 0 atom stereocenters. The first-order chi connectivity index (χ1) is 23.6. The van der Waals surface area contributed by atoms with Gasteiger partial charge in [0.05, 0.1) is 47.2 Å². The molecule has 248 valence electrons. The van der Waals surface area contributed by atoms with Crippen molar-refractivity contribution in [3.05, 3.63) is 142 Å². The average molecular weight is 718 g/mol. The van der Waals surface area contributed by atoms with Crippen LogP contribution in [0, 0.1) is 11.6 Å². The van der Waals surface area contributed by atoms with E-state index in [-0.39, 0.29) is 11.1 Å². The number of aromatic nitrogens is 2. The lowest BCUT2D eigenvalue weighted by atomic mass is 9.98. The number of ether oxygens (including phenoxy) is 2. The van der Waals surface area contributed by atoms with Gasteiger partial charge in [-0.25, -0.2) is 17.2 Å². The van der Waals surface area contributed by atoms with Gasteiger partial charge in [-0.05, 0) is 59.7 Å². The van der Waals surface area contributed by atoms with Gasteiger partial charge in [-0.15, -0.1) is 0 Å². The van der Waals surface area contributed by atoms with Crippen LogP contribution < -0.4 is 9.47 Å². The first-order valence-electron chi connectivity index (χ1n) is 14.9. The van der Waals surface area contributed by atoms with Gasteiger partial charge in [-0.2, -0.15) is 0 Å². The SMILES string of the molecule is COc1ccc(-c2cccnc2-c2ccc(CS(=O)(=O)Cc3ccc(-c4ncccc4-c4ccc(OC)c(Cl)c4)cc3F)c(F)c2)cc1Cl. The lowest BCUT2D eigenvalue weighted by molar-refractivity contribution is 0.415. The monoisotopic (exact) mass is 716 g/mol. The van der Waals surface area contributed by atoms with Crippen molar-refractivity contribution in [2.75, 3.05) is 14.2 Å². The maximum Gasteiger partial charge on any atom is 0.158 e. The van der Waals surface area contributed by atoms with Gasteiger partial charge < -0.3 is 9.47 Å². The van der Waals surface area contributed by atoms with E-state index in [4.69, 9.17) is 32.7 Å². The summed E-state index contributed by atoms with van der Waals surface area (Å²) < 4.78 is 67.8. The summed E-state index contributed by atoms with van der Waals surface area (Å²) in [4.78, 5) is 8.91. The summed E-state index contributed by atoms with van der Waals surface area (Å²) in [7, 11) is -0.934. The summed E-state index contributed by atoms with van der Waals surface area (Å²) in [6, 6.07) is 26.3. The van der Waals surface area contributed by atoms with E-state index < -0.39 is 33.0 Å². The summed E-state index contributed by atoms with van der Waals surface area (Å²) >= 11 is 12.7. The van der Waals surface area contributed by atoms with Gasteiger partial charge in [-0.1, -0.05) is 71.7 Å². The Labute approximate surface area is 292 Å². The van der Waals surface area contributed by atoms with Crippen molar-refractivity contribution in [3.63, 3.8) is 0 Å². The Balaban J connectivity index is 1.22. The normalized spacial score (nSPS) is 11.4. The highest BCUT2D eigenvalue weighted by atomic mass is 35.5. The smallest absolute Gasteiger partial charge is 0.158 e. The fourth-order valence-corrected chi connectivity index (χ4v) is 7.59. The molecule has 0 radical (unpaired) electrons. The zero-order valence-electron chi connectivity index (χ0n) is 26.3. The highest BCUT2D eigenvalue weighted by Gasteiger charge is 2.21. The summed E-state index contributed by atoms with van der Waals surface area (Å²) in [6.45, 7) is 0. The largest absolute Gasteiger partial charge is 0.495 e. The molecule has 0 amide bonds. The summed E-state index contributed by atoms with van der Waals surface area (Å²) in [6.07, 6.45) is 3.17. The third-order valence-electron chi connectivity index (χ3n) is 7.94. The van der Waals surface area contributed by atoms with Crippen molar-refractivity contribution in [2.24, 2.45) is 0 Å². The molecule has 0 aliphatic carbocycles. The van der Waals surface area contributed by atoms with Crippen LogP contribution in [0.15, 0.2) is 109 Å². The van der Waals surface area contributed by atoms with E-state index in [1.54, 1.807) is 60.9 Å². The van der Waals surface area contributed by atoms with Crippen LogP contribution in [-0.4, -0.2) is 32.6 Å². The zero-order chi connectivity index (χ0) is 34.7. The predicted molar refractivity (Wildman–Crippen MR) is 190 cm³/mol. The Morgan fingerprint density at radius 2 is 1.00 bits per heavy atom. The molecule has 6 aromatic rings. The summed E-state index contributed by atoms with van der Waals surface area (Å²) in [5.74, 6) is -1.65. The third-order valence-corrected chi connectivity index (χ3v) is 10.0. The first kappa shape index (κ1) is 34.0. The standard InChI is InChI=1S/C38H28Cl2F2N2O4S/c1-47-35-13-11-23(17-31(35)39)29-5-3-15-43-37(29)25-7-9-27(33(41)19-25)21-49(45,46)22-28-10-8-26(20-34(28)42)38-30(6-4-16-44-38)24-12-14-36(48-2)32(40)18-24/h3-20H,21-22H2,1-2H3. The highest BCUT2D eigenvalue weighted by Crippen LogP contribution is 2.37. The first-order valence-corrected chi connectivity index (χ1v) is 17.5. The topological polar surface area (TPSA) is 78.4 Å². The Hall–Kier alpha value is -4.83. The number of hydrogen-bond donors (Lipinski definition) is 0. The number of benzene rings is 4. The Morgan fingerprint density at radius 1 is 0.592 bits per heavy atom. The van der Waals surface area contributed by atoms with Gasteiger partial charge in [0.2, 0.25) is 0 Å². The predicted octanol–water partition coefficient (Wildman–Crippen LogP) is 9.86. The van der Waals surface area contributed by atoms with E-state index in [0.717, 1.165) is 11.1 Å². The second-order valence-electron chi connectivity index (χ2n) is 11.1. The van der Waals surface area contributed by atoms with Gasteiger partial charge in [-0.3, -0.25) is 9.97 Å². The van der Waals surface area contributed by atoms with E-state index in [9.17, 15) is 8.42 Å². The second kappa shape index (κ2) is 14.3. The van der Waals surface area contributed by atoms with E-state index >= 15 is 8.78 Å². The molecule has 0 saturated heterocycles. The number of halogens is 4.